The highest BCUT2D eigenvalue weighted by atomic mass is 35.5. The van der Waals surface area contributed by atoms with Crippen molar-refractivity contribution >= 4 is 17.4 Å². The summed E-state index contributed by atoms with van der Waals surface area (Å²) in [7, 11) is 0. The molecule has 116 valence electrons. The van der Waals surface area contributed by atoms with Crippen LogP contribution in [0.5, 0.6) is 0 Å². The van der Waals surface area contributed by atoms with Crippen LogP contribution in [-0.2, 0) is 4.84 Å². The zero-order valence-corrected chi connectivity index (χ0v) is 14.0. The summed E-state index contributed by atoms with van der Waals surface area (Å²) in [5, 5.41) is 2.64. The molecule has 0 unspecified atom stereocenters. The van der Waals surface area contributed by atoms with E-state index in [9.17, 15) is 4.79 Å². The topological polar surface area (TPSA) is 29.5 Å². The summed E-state index contributed by atoms with van der Waals surface area (Å²) in [5.41, 5.74) is 0.524. The molecule has 1 aromatic rings. The fourth-order valence-corrected chi connectivity index (χ4v) is 3.29. The summed E-state index contributed by atoms with van der Waals surface area (Å²) >= 11 is 5.84. The second-order valence-electron chi connectivity index (χ2n) is 6.98. The molecule has 3 nitrogen and oxygen atoms in total. The fourth-order valence-electron chi connectivity index (χ4n) is 3.17. The highest BCUT2D eigenvalue weighted by molar-refractivity contribution is 6.30. The Morgan fingerprint density at radius 2 is 1.67 bits per heavy atom. The molecule has 0 saturated carbocycles. The van der Waals surface area contributed by atoms with Crippen LogP contribution < -0.4 is 0 Å². The molecule has 1 saturated heterocycles. The normalized spacial score (nSPS) is 21.2. The number of hydrogen-bond donors (Lipinski definition) is 0. The molecule has 0 atom stereocenters. The maximum Gasteiger partial charge on any atom is 0.190 e. The number of rotatable bonds is 4. The largest absolute Gasteiger partial charge is 0.291 e. The Balaban J connectivity index is 2.03. The Morgan fingerprint density at radius 1 is 1.14 bits per heavy atom. The number of hydrogen-bond acceptors (Lipinski definition) is 3. The number of hydroxylamine groups is 2. The van der Waals surface area contributed by atoms with E-state index in [0.29, 0.717) is 10.6 Å². The van der Waals surface area contributed by atoms with E-state index in [4.69, 9.17) is 16.4 Å². The first-order chi connectivity index (χ1) is 9.72. The van der Waals surface area contributed by atoms with Crippen molar-refractivity contribution in [3.8, 4) is 0 Å². The van der Waals surface area contributed by atoms with Crippen molar-refractivity contribution in [2.45, 2.75) is 58.0 Å². The van der Waals surface area contributed by atoms with Crippen molar-refractivity contribution in [2.75, 3.05) is 6.61 Å². The lowest BCUT2D eigenvalue weighted by atomic mass is 9.82. The van der Waals surface area contributed by atoms with Gasteiger partial charge in [0.05, 0.1) is 0 Å². The minimum Gasteiger partial charge on any atom is -0.291 e. The van der Waals surface area contributed by atoms with Crippen molar-refractivity contribution in [1.29, 1.82) is 0 Å². The third-order valence-corrected chi connectivity index (χ3v) is 4.42. The van der Waals surface area contributed by atoms with Crippen LogP contribution in [0.2, 0.25) is 5.02 Å². The van der Waals surface area contributed by atoms with Gasteiger partial charge in [0.2, 0.25) is 0 Å². The minimum absolute atomic E-state index is 0.0242. The number of halogens is 1. The van der Waals surface area contributed by atoms with Gasteiger partial charge in [-0.25, -0.2) is 0 Å². The van der Waals surface area contributed by atoms with Gasteiger partial charge in [0.15, 0.2) is 5.78 Å². The first-order valence-corrected chi connectivity index (χ1v) is 7.82. The van der Waals surface area contributed by atoms with Gasteiger partial charge in [-0.3, -0.25) is 9.63 Å². The van der Waals surface area contributed by atoms with E-state index in [2.05, 4.69) is 27.7 Å². The molecule has 0 aromatic heterocycles. The van der Waals surface area contributed by atoms with Crippen LogP contribution in [0.4, 0.5) is 0 Å². The van der Waals surface area contributed by atoms with Gasteiger partial charge in [0, 0.05) is 21.7 Å². The van der Waals surface area contributed by atoms with Gasteiger partial charge in [-0.2, -0.15) is 5.06 Å². The molecule has 4 heteroatoms. The number of benzene rings is 1. The second kappa shape index (κ2) is 6.07. The molecule has 1 aromatic carbocycles. The number of Topliss-reactive ketones (excluding diaryl/α,β-unsaturated/α-hetero) is 1. The molecule has 0 amide bonds. The van der Waals surface area contributed by atoms with Gasteiger partial charge in [0.25, 0.3) is 0 Å². The van der Waals surface area contributed by atoms with Crippen LogP contribution in [0.15, 0.2) is 24.3 Å². The third-order valence-electron chi connectivity index (χ3n) is 4.17. The molecule has 21 heavy (non-hydrogen) atoms. The molecule has 1 aliphatic rings. The highest BCUT2D eigenvalue weighted by Crippen LogP contribution is 2.38. The summed E-state index contributed by atoms with van der Waals surface area (Å²) in [4.78, 5) is 18.1. The summed E-state index contributed by atoms with van der Waals surface area (Å²) in [6.45, 7) is 8.73. The lowest BCUT2D eigenvalue weighted by Gasteiger charge is -2.51. The average molecular weight is 310 g/mol. The summed E-state index contributed by atoms with van der Waals surface area (Å²) < 4.78 is 0. The maximum absolute atomic E-state index is 12.2. The third kappa shape index (κ3) is 3.85. The van der Waals surface area contributed by atoms with Crippen molar-refractivity contribution in [1.82, 2.24) is 5.06 Å². The molecule has 0 aliphatic carbocycles. The van der Waals surface area contributed by atoms with Crippen LogP contribution in [0.3, 0.4) is 0 Å². The van der Waals surface area contributed by atoms with Crippen molar-refractivity contribution in [2.24, 2.45) is 0 Å². The van der Waals surface area contributed by atoms with E-state index >= 15 is 0 Å². The van der Waals surface area contributed by atoms with Gasteiger partial charge < -0.3 is 0 Å². The van der Waals surface area contributed by atoms with Crippen molar-refractivity contribution < 1.29 is 9.63 Å². The number of piperidine rings is 1. The molecule has 0 N–H and O–H groups in total. The van der Waals surface area contributed by atoms with Crippen LogP contribution in [0.1, 0.15) is 57.3 Å². The predicted octanol–water partition coefficient (Wildman–Crippen LogP) is 4.50. The second-order valence-corrected chi connectivity index (χ2v) is 7.41. The summed E-state index contributed by atoms with van der Waals surface area (Å²) in [6.07, 6.45) is 3.34. The minimum atomic E-state index is -0.0535. The quantitative estimate of drug-likeness (QED) is 0.767. The summed E-state index contributed by atoms with van der Waals surface area (Å²) in [5.74, 6) is -0.0242. The Morgan fingerprint density at radius 3 is 2.19 bits per heavy atom. The molecule has 2 rings (SSSR count). The Hall–Kier alpha value is -0.900. The van der Waals surface area contributed by atoms with Crippen LogP contribution in [0.25, 0.3) is 0 Å². The molecule has 1 heterocycles. The van der Waals surface area contributed by atoms with Crippen molar-refractivity contribution in [3.63, 3.8) is 0 Å². The zero-order chi connectivity index (χ0) is 15.7. The average Bonchev–Trinajstić information content (AvgIpc) is 2.37. The van der Waals surface area contributed by atoms with Gasteiger partial charge in [0.1, 0.15) is 6.61 Å². The predicted molar refractivity (Wildman–Crippen MR) is 85.6 cm³/mol. The molecular formula is C17H24ClNO2. The van der Waals surface area contributed by atoms with E-state index in [-0.39, 0.29) is 23.5 Å². The lowest BCUT2D eigenvalue weighted by Crippen LogP contribution is -2.58. The van der Waals surface area contributed by atoms with E-state index in [1.54, 1.807) is 24.3 Å². The molecule has 0 radical (unpaired) electrons. The first kappa shape index (κ1) is 16.5. The monoisotopic (exact) mass is 309 g/mol. The molecule has 0 spiro atoms. The SMILES string of the molecule is CC1(C)CCCC(C)(C)N1OCC(=O)c1ccc(Cl)cc1. The standard InChI is InChI=1S/C17H24ClNO2/c1-16(2)10-5-11-17(3,4)19(16)21-12-15(20)13-6-8-14(18)9-7-13/h6-9H,5,10-12H2,1-4H3. The molecule has 0 bridgehead atoms. The molecular weight excluding hydrogens is 286 g/mol. The lowest BCUT2D eigenvalue weighted by molar-refractivity contribution is -0.273. The number of carbonyl (C=O) groups excluding carboxylic acids is 1. The van der Waals surface area contributed by atoms with Crippen LogP contribution >= 0.6 is 11.6 Å². The fraction of sp³-hybridized carbons (Fsp3) is 0.588. The highest BCUT2D eigenvalue weighted by Gasteiger charge is 2.42. The maximum atomic E-state index is 12.2. The van der Waals surface area contributed by atoms with Gasteiger partial charge in [-0.1, -0.05) is 11.6 Å². The van der Waals surface area contributed by atoms with Crippen LogP contribution in [-0.4, -0.2) is 28.5 Å². The summed E-state index contributed by atoms with van der Waals surface area (Å²) in [6, 6.07) is 6.92. The molecule has 1 fully saturated rings. The number of nitrogens with zero attached hydrogens (tertiary/aromatic N) is 1. The molecule has 1 aliphatic heterocycles. The van der Waals surface area contributed by atoms with E-state index in [1.807, 2.05) is 5.06 Å². The Bertz CT molecular complexity index is 492. The van der Waals surface area contributed by atoms with E-state index in [1.165, 1.54) is 6.42 Å². The van der Waals surface area contributed by atoms with Gasteiger partial charge in [-0.05, 0) is 71.2 Å². The van der Waals surface area contributed by atoms with Gasteiger partial charge >= 0.3 is 0 Å². The van der Waals surface area contributed by atoms with Gasteiger partial charge in [-0.15, -0.1) is 0 Å². The van der Waals surface area contributed by atoms with E-state index < -0.39 is 0 Å². The van der Waals surface area contributed by atoms with Crippen LogP contribution in [0, 0.1) is 0 Å². The van der Waals surface area contributed by atoms with E-state index in [0.717, 1.165) is 12.8 Å². The zero-order valence-electron chi connectivity index (χ0n) is 13.3. The number of ketones is 1. The number of carbonyl (C=O) groups is 1. The Kier molecular flexibility index (Phi) is 4.76. The Labute approximate surface area is 132 Å². The first-order valence-electron chi connectivity index (χ1n) is 7.44. The smallest absolute Gasteiger partial charge is 0.190 e. The van der Waals surface area contributed by atoms with Crippen molar-refractivity contribution in [3.05, 3.63) is 34.9 Å².